The highest BCUT2D eigenvalue weighted by Crippen LogP contribution is 2.36. The molecule has 0 bridgehead atoms. The molecule has 1 aliphatic rings. The van der Waals surface area contributed by atoms with Crippen LogP contribution in [-0.2, 0) is 0 Å². The maximum absolute atomic E-state index is 13.2. The second-order valence-electron chi connectivity index (χ2n) is 7.53. The van der Waals surface area contributed by atoms with E-state index in [1.807, 2.05) is 66.7 Å². The van der Waals surface area contributed by atoms with Crippen LogP contribution in [-0.4, -0.2) is 11.9 Å². The first-order valence-corrected chi connectivity index (χ1v) is 10.9. The molecule has 6 heteroatoms. The largest absolute Gasteiger partial charge is 0.452 e. The third-order valence-corrected chi connectivity index (χ3v) is 5.44. The number of carbonyl (C=O) groups excluding carboxylic acids is 2. The number of benzene rings is 4. The Morgan fingerprint density at radius 3 is 2.15 bits per heavy atom. The maximum atomic E-state index is 13.2. The van der Waals surface area contributed by atoms with Crippen molar-refractivity contribution in [3.05, 3.63) is 125 Å². The van der Waals surface area contributed by atoms with Gasteiger partial charge in [-0.05, 0) is 60.2 Å². The van der Waals surface area contributed by atoms with Crippen molar-refractivity contribution in [1.29, 1.82) is 0 Å². The van der Waals surface area contributed by atoms with Crippen molar-refractivity contribution in [1.82, 2.24) is 0 Å². The molecule has 5 rings (SSSR count). The lowest BCUT2D eigenvalue weighted by Gasteiger charge is -2.22. The van der Waals surface area contributed by atoms with E-state index < -0.39 is 6.09 Å². The highest BCUT2D eigenvalue weighted by atomic mass is 35.5. The van der Waals surface area contributed by atoms with E-state index in [1.54, 1.807) is 36.4 Å². The summed E-state index contributed by atoms with van der Waals surface area (Å²) in [4.78, 5) is 27.4. The summed E-state index contributed by atoms with van der Waals surface area (Å²) in [6.45, 7) is 0. The minimum absolute atomic E-state index is 0.177. The third kappa shape index (κ3) is 4.42. The topological polar surface area (TPSA) is 55.8 Å². The Hall–Kier alpha value is -4.35. The molecule has 0 unspecified atom stereocenters. The monoisotopic (exact) mass is 467 g/mol. The molecule has 0 aromatic heterocycles. The van der Waals surface area contributed by atoms with Crippen molar-refractivity contribution in [2.45, 2.75) is 0 Å². The number of hydrogen-bond donors (Lipinski definition) is 0. The van der Waals surface area contributed by atoms with Crippen molar-refractivity contribution >= 4 is 40.9 Å². The molecule has 0 saturated carbocycles. The Morgan fingerprint density at radius 1 is 0.824 bits per heavy atom. The Balaban J connectivity index is 1.40. The molecule has 0 aliphatic carbocycles. The third-order valence-electron chi connectivity index (χ3n) is 5.20. The Bertz CT molecular complexity index is 1360. The number of ketones is 1. The summed E-state index contributed by atoms with van der Waals surface area (Å²) in [7, 11) is 0. The smallest absolute Gasteiger partial charge is 0.424 e. The number of ether oxygens (including phenoxy) is 2. The highest BCUT2D eigenvalue weighted by Gasteiger charge is 2.28. The van der Waals surface area contributed by atoms with E-state index in [1.165, 1.54) is 11.0 Å². The van der Waals surface area contributed by atoms with Gasteiger partial charge >= 0.3 is 6.09 Å². The molecule has 4 aromatic carbocycles. The number of halogens is 1. The number of carbonyl (C=O) groups is 2. The number of anilines is 2. The van der Waals surface area contributed by atoms with Crippen LogP contribution in [0.15, 0.2) is 109 Å². The Labute approximate surface area is 201 Å². The molecule has 1 aliphatic heterocycles. The Kier molecular flexibility index (Phi) is 5.85. The summed E-state index contributed by atoms with van der Waals surface area (Å²) in [5, 5.41) is 0.563. The molecular formula is C28H18ClNO4. The molecule has 0 spiro atoms. The molecule has 34 heavy (non-hydrogen) atoms. The minimum Gasteiger partial charge on any atom is -0.452 e. The SMILES string of the molecule is O=C1/C(=C/c2cccc(Cl)c2)Oc2cc(OC(=O)N(c3ccccc3)c3ccccc3)ccc21. The van der Waals surface area contributed by atoms with Crippen LogP contribution in [0.5, 0.6) is 11.5 Å². The number of nitrogens with zero attached hydrogens (tertiary/aromatic N) is 1. The molecule has 0 radical (unpaired) electrons. The number of allylic oxidation sites excluding steroid dienone is 1. The second-order valence-corrected chi connectivity index (χ2v) is 7.96. The predicted octanol–water partition coefficient (Wildman–Crippen LogP) is 7.29. The van der Waals surface area contributed by atoms with Gasteiger partial charge in [-0.1, -0.05) is 60.1 Å². The minimum atomic E-state index is -0.587. The van der Waals surface area contributed by atoms with Gasteiger partial charge in [-0.2, -0.15) is 0 Å². The van der Waals surface area contributed by atoms with Crippen LogP contribution in [0.1, 0.15) is 15.9 Å². The first kappa shape index (κ1) is 21.5. The molecule has 5 nitrogen and oxygen atoms in total. The fourth-order valence-corrected chi connectivity index (χ4v) is 3.84. The number of rotatable bonds is 4. The predicted molar refractivity (Wildman–Crippen MR) is 132 cm³/mol. The highest BCUT2D eigenvalue weighted by molar-refractivity contribution is 6.30. The normalized spacial score (nSPS) is 13.3. The quantitative estimate of drug-likeness (QED) is 0.295. The van der Waals surface area contributed by atoms with Gasteiger partial charge in [0.25, 0.3) is 0 Å². The van der Waals surface area contributed by atoms with E-state index in [0.29, 0.717) is 27.7 Å². The Morgan fingerprint density at radius 2 is 1.50 bits per heavy atom. The van der Waals surface area contributed by atoms with Gasteiger partial charge in [0.15, 0.2) is 5.76 Å². The van der Waals surface area contributed by atoms with Crippen molar-refractivity contribution in [2.24, 2.45) is 0 Å². The van der Waals surface area contributed by atoms with Gasteiger partial charge in [-0.3, -0.25) is 4.79 Å². The zero-order valence-corrected chi connectivity index (χ0v) is 18.6. The van der Waals surface area contributed by atoms with Crippen LogP contribution in [0.2, 0.25) is 5.02 Å². The molecule has 1 amide bonds. The lowest BCUT2D eigenvalue weighted by molar-refractivity contribution is 0.101. The fourth-order valence-electron chi connectivity index (χ4n) is 3.64. The van der Waals surface area contributed by atoms with Crippen LogP contribution in [0, 0.1) is 0 Å². The zero-order chi connectivity index (χ0) is 23.5. The van der Waals surface area contributed by atoms with Crippen LogP contribution in [0.4, 0.5) is 16.2 Å². The van der Waals surface area contributed by atoms with E-state index in [-0.39, 0.29) is 17.3 Å². The van der Waals surface area contributed by atoms with Gasteiger partial charge in [0.05, 0.1) is 16.9 Å². The van der Waals surface area contributed by atoms with Gasteiger partial charge < -0.3 is 9.47 Å². The molecular weight excluding hydrogens is 450 g/mol. The second kappa shape index (κ2) is 9.25. The zero-order valence-electron chi connectivity index (χ0n) is 17.9. The molecule has 1 heterocycles. The molecule has 0 N–H and O–H groups in total. The molecule has 0 saturated heterocycles. The van der Waals surface area contributed by atoms with Crippen LogP contribution >= 0.6 is 11.6 Å². The van der Waals surface area contributed by atoms with E-state index in [2.05, 4.69) is 0 Å². The first-order chi connectivity index (χ1) is 16.6. The summed E-state index contributed by atoms with van der Waals surface area (Å²) < 4.78 is 11.5. The summed E-state index contributed by atoms with van der Waals surface area (Å²) in [6, 6.07) is 30.3. The summed E-state index contributed by atoms with van der Waals surface area (Å²) in [5.74, 6) is 0.519. The number of amides is 1. The average molecular weight is 468 g/mol. The van der Waals surface area contributed by atoms with E-state index in [0.717, 1.165) is 5.56 Å². The van der Waals surface area contributed by atoms with Gasteiger partial charge in [-0.25, -0.2) is 9.69 Å². The number of fused-ring (bicyclic) bond motifs is 1. The van der Waals surface area contributed by atoms with E-state index in [4.69, 9.17) is 21.1 Å². The van der Waals surface area contributed by atoms with E-state index >= 15 is 0 Å². The van der Waals surface area contributed by atoms with Gasteiger partial charge in [-0.15, -0.1) is 0 Å². The molecule has 166 valence electrons. The van der Waals surface area contributed by atoms with E-state index in [9.17, 15) is 9.59 Å². The van der Waals surface area contributed by atoms with Crippen LogP contribution in [0.3, 0.4) is 0 Å². The summed E-state index contributed by atoms with van der Waals surface area (Å²) >= 11 is 6.03. The van der Waals surface area contributed by atoms with Crippen molar-refractivity contribution < 1.29 is 19.1 Å². The van der Waals surface area contributed by atoms with Crippen LogP contribution < -0.4 is 14.4 Å². The van der Waals surface area contributed by atoms with Crippen molar-refractivity contribution in [2.75, 3.05) is 4.90 Å². The van der Waals surface area contributed by atoms with Crippen LogP contribution in [0.25, 0.3) is 6.08 Å². The van der Waals surface area contributed by atoms with Gasteiger partial charge in [0.2, 0.25) is 5.78 Å². The number of para-hydroxylation sites is 2. The number of Topliss-reactive ketones (excluding diaryl/α,β-unsaturated/α-hetero) is 1. The first-order valence-electron chi connectivity index (χ1n) is 10.5. The van der Waals surface area contributed by atoms with Gasteiger partial charge in [0.1, 0.15) is 11.5 Å². The lowest BCUT2D eigenvalue weighted by atomic mass is 10.1. The molecule has 0 fully saturated rings. The van der Waals surface area contributed by atoms with Crippen molar-refractivity contribution in [3.63, 3.8) is 0 Å². The average Bonchev–Trinajstić information content (AvgIpc) is 3.15. The molecule has 4 aromatic rings. The van der Waals surface area contributed by atoms with Gasteiger partial charge in [0, 0.05) is 11.1 Å². The molecule has 0 atom stereocenters. The van der Waals surface area contributed by atoms with Crippen molar-refractivity contribution in [3.8, 4) is 11.5 Å². The standard InChI is InChI=1S/C28H18ClNO4/c29-20-9-7-8-19(16-20)17-26-27(31)24-15-14-23(18-25(24)34-26)33-28(32)30(21-10-3-1-4-11-21)22-12-5-2-6-13-22/h1-18H/b26-17-. The maximum Gasteiger partial charge on any atom is 0.424 e. The summed E-state index contributed by atoms with van der Waals surface area (Å²) in [6.07, 6.45) is 1.04. The number of hydrogen-bond acceptors (Lipinski definition) is 4. The fraction of sp³-hybridized carbons (Fsp3) is 0. The lowest BCUT2D eigenvalue weighted by Crippen LogP contribution is -2.29. The summed E-state index contributed by atoms with van der Waals surface area (Å²) in [5.41, 5.74) is 2.48.